The van der Waals surface area contributed by atoms with Crippen LogP contribution in [0, 0.1) is 21.4 Å². The lowest BCUT2D eigenvalue weighted by atomic mass is 10.0. The Labute approximate surface area is 96.6 Å². The molecule has 86 valence electrons. The Kier molecular flexibility index (Phi) is 3.57. The number of nitro groups is 1. The van der Waals surface area contributed by atoms with Crippen molar-refractivity contribution in [2.75, 3.05) is 0 Å². The molecular weight excluding hydrogens is 224 g/mol. The summed E-state index contributed by atoms with van der Waals surface area (Å²) in [5.41, 5.74) is 0.277. The molecule has 0 heterocycles. The van der Waals surface area contributed by atoms with Crippen molar-refractivity contribution < 1.29 is 14.8 Å². The molecule has 0 aliphatic rings. The number of nitro benzene ring substituents is 1. The summed E-state index contributed by atoms with van der Waals surface area (Å²) in [6, 6.07) is 6.92. The highest BCUT2D eigenvalue weighted by Gasteiger charge is 2.13. The number of rotatable bonds is 3. The molecule has 6 heteroatoms. The number of nitriles is 1. The highest BCUT2D eigenvalue weighted by atomic mass is 16.6. The van der Waals surface area contributed by atoms with Crippen molar-refractivity contribution >= 4 is 17.2 Å². The van der Waals surface area contributed by atoms with Gasteiger partial charge < -0.3 is 5.11 Å². The van der Waals surface area contributed by atoms with Crippen LogP contribution in [-0.2, 0) is 4.79 Å². The Balaban J connectivity index is 3.22. The lowest BCUT2D eigenvalue weighted by Crippen LogP contribution is -2.01. The molecule has 0 bridgehead atoms. The molecular formula is C11H8N2O4. The van der Waals surface area contributed by atoms with E-state index in [9.17, 15) is 14.9 Å². The summed E-state index contributed by atoms with van der Waals surface area (Å²) in [4.78, 5) is 20.6. The van der Waals surface area contributed by atoms with Crippen LogP contribution in [0.1, 0.15) is 12.5 Å². The van der Waals surface area contributed by atoms with Crippen molar-refractivity contribution in [2.24, 2.45) is 0 Å². The van der Waals surface area contributed by atoms with E-state index >= 15 is 0 Å². The molecule has 0 aromatic heterocycles. The average Bonchev–Trinajstić information content (AvgIpc) is 2.29. The summed E-state index contributed by atoms with van der Waals surface area (Å²) >= 11 is 0. The quantitative estimate of drug-likeness (QED) is 0.371. The van der Waals surface area contributed by atoms with Gasteiger partial charge in [0.1, 0.15) is 11.6 Å². The van der Waals surface area contributed by atoms with Crippen molar-refractivity contribution in [2.45, 2.75) is 6.92 Å². The largest absolute Gasteiger partial charge is 0.477 e. The zero-order chi connectivity index (χ0) is 13.0. The first-order valence-electron chi connectivity index (χ1n) is 4.56. The molecule has 1 N–H and O–H groups in total. The van der Waals surface area contributed by atoms with E-state index in [1.807, 2.05) is 0 Å². The molecule has 0 amide bonds. The Morgan fingerprint density at radius 1 is 1.41 bits per heavy atom. The molecule has 0 radical (unpaired) electrons. The lowest BCUT2D eigenvalue weighted by Gasteiger charge is -2.02. The third-order valence-electron chi connectivity index (χ3n) is 2.21. The van der Waals surface area contributed by atoms with Gasteiger partial charge in [0.25, 0.3) is 5.69 Å². The normalized spacial score (nSPS) is 11.3. The molecule has 17 heavy (non-hydrogen) atoms. The number of hydrogen-bond acceptors (Lipinski definition) is 4. The van der Waals surface area contributed by atoms with Gasteiger partial charge in [0.05, 0.1) is 4.92 Å². The summed E-state index contributed by atoms with van der Waals surface area (Å²) in [7, 11) is 0. The van der Waals surface area contributed by atoms with Gasteiger partial charge in [-0.25, -0.2) is 4.79 Å². The molecule has 0 atom stereocenters. The van der Waals surface area contributed by atoms with E-state index in [0.717, 1.165) is 0 Å². The Morgan fingerprint density at radius 2 is 1.94 bits per heavy atom. The zero-order valence-corrected chi connectivity index (χ0v) is 8.88. The smallest absolute Gasteiger partial charge is 0.346 e. The van der Waals surface area contributed by atoms with Crippen LogP contribution in [0.5, 0.6) is 0 Å². The van der Waals surface area contributed by atoms with Gasteiger partial charge in [0.15, 0.2) is 0 Å². The molecule has 0 spiro atoms. The van der Waals surface area contributed by atoms with Crippen molar-refractivity contribution in [1.29, 1.82) is 5.26 Å². The first-order chi connectivity index (χ1) is 7.97. The summed E-state index contributed by atoms with van der Waals surface area (Å²) in [5, 5.41) is 27.9. The van der Waals surface area contributed by atoms with Crippen molar-refractivity contribution in [3.8, 4) is 6.07 Å². The zero-order valence-electron chi connectivity index (χ0n) is 8.88. The van der Waals surface area contributed by atoms with Gasteiger partial charge in [-0.2, -0.15) is 5.26 Å². The van der Waals surface area contributed by atoms with Gasteiger partial charge in [0.2, 0.25) is 0 Å². The van der Waals surface area contributed by atoms with Gasteiger partial charge in [-0.15, -0.1) is 0 Å². The van der Waals surface area contributed by atoms with Crippen LogP contribution in [0.2, 0.25) is 0 Å². The molecule has 0 aliphatic heterocycles. The Bertz CT molecular complexity index is 538. The van der Waals surface area contributed by atoms with E-state index in [1.165, 1.54) is 31.2 Å². The van der Waals surface area contributed by atoms with E-state index in [-0.39, 0.29) is 16.8 Å². The highest BCUT2D eigenvalue weighted by Crippen LogP contribution is 2.21. The summed E-state index contributed by atoms with van der Waals surface area (Å²) in [6.07, 6.45) is 0. The number of carboxylic acids is 1. The number of carbonyl (C=O) groups is 1. The molecule has 1 aromatic carbocycles. The minimum atomic E-state index is -1.32. The fourth-order valence-corrected chi connectivity index (χ4v) is 1.27. The maximum Gasteiger partial charge on any atom is 0.346 e. The van der Waals surface area contributed by atoms with E-state index in [2.05, 4.69) is 0 Å². The standard InChI is InChI=1S/C11H8N2O4/c1-7(10(6-12)11(14)15)8-2-4-9(5-3-8)13(16)17/h2-5H,1H3,(H,14,15)/b10-7-. The van der Waals surface area contributed by atoms with Gasteiger partial charge in [0, 0.05) is 12.1 Å². The first-order valence-corrected chi connectivity index (χ1v) is 4.56. The van der Waals surface area contributed by atoms with Crippen molar-refractivity contribution in [3.63, 3.8) is 0 Å². The second-order valence-corrected chi connectivity index (χ2v) is 3.22. The number of carboxylic acid groups (broad SMARTS) is 1. The third kappa shape index (κ3) is 2.66. The van der Waals surface area contributed by atoms with Crippen LogP contribution < -0.4 is 0 Å². The number of aliphatic carboxylic acids is 1. The fourth-order valence-electron chi connectivity index (χ4n) is 1.27. The number of benzene rings is 1. The first kappa shape index (κ1) is 12.4. The molecule has 0 saturated heterocycles. The molecule has 6 nitrogen and oxygen atoms in total. The van der Waals surface area contributed by atoms with Crippen molar-refractivity contribution in [1.82, 2.24) is 0 Å². The summed E-state index contributed by atoms with van der Waals surface area (Å²) < 4.78 is 0. The van der Waals surface area contributed by atoms with E-state index < -0.39 is 10.9 Å². The number of hydrogen-bond donors (Lipinski definition) is 1. The van der Waals surface area contributed by atoms with E-state index in [0.29, 0.717) is 5.56 Å². The van der Waals surface area contributed by atoms with Gasteiger partial charge in [-0.05, 0) is 30.2 Å². The number of nitrogens with zero attached hydrogens (tertiary/aromatic N) is 2. The molecule has 0 saturated carbocycles. The maximum atomic E-state index is 10.7. The highest BCUT2D eigenvalue weighted by molar-refractivity contribution is 6.00. The maximum absolute atomic E-state index is 10.7. The van der Waals surface area contributed by atoms with Gasteiger partial charge in [-0.3, -0.25) is 10.1 Å². The summed E-state index contributed by atoms with van der Waals surface area (Å²) in [6.45, 7) is 1.48. The van der Waals surface area contributed by atoms with Crippen LogP contribution in [0.25, 0.3) is 5.57 Å². The third-order valence-corrected chi connectivity index (χ3v) is 2.21. The Morgan fingerprint density at radius 3 is 2.29 bits per heavy atom. The second-order valence-electron chi connectivity index (χ2n) is 3.22. The van der Waals surface area contributed by atoms with Crippen LogP contribution in [-0.4, -0.2) is 16.0 Å². The van der Waals surface area contributed by atoms with Crippen LogP contribution in [0.3, 0.4) is 0 Å². The molecule has 1 aromatic rings. The number of non-ortho nitro benzene ring substituents is 1. The van der Waals surface area contributed by atoms with Crippen LogP contribution >= 0.6 is 0 Å². The lowest BCUT2D eigenvalue weighted by molar-refractivity contribution is -0.384. The molecule has 1 rings (SSSR count). The van der Waals surface area contributed by atoms with Crippen LogP contribution in [0.15, 0.2) is 29.8 Å². The topological polar surface area (TPSA) is 104 Å². The second kappa shape index (κ2) is 4.90. The van der Waals surface area contributed by atoms with Gasteiger partial charge >= 0.3 is 5.97 Å². The molecule has 0 fully saturated rings. The van der Waals surface area contributed by atoms with Crippen LogP contribution in [0.4, 0.5) is 5.69 Å². The minimum absolute atomic E-state index is 0.0876. The van der Waals surface area contributed by atoms with Crippen molar-refractivity contribution in [3.05, 3.63) is 45.5 Å². The SMILES string of the molecule is C/C(=C(\C#N)C(=O)O)c1ccc([N+](=O)[O-])cc1. The molecule has 0 unspecified atom stereocenters. The Hall–Kier alpha value is -2.68. The number of allylic oxidation sites excluding steroid dienone is 1. The average molecular weight is 232 g/mol. The summed E-state index contributed by atoms with van der Waals surface area (Å²) in [5.74, 6) is -1.32. The van der Waals surface area contributed by atoms with Gasteiger partial charge in [-0.1, -0.05) is 0 Å². The fraction of sp³-hybridized carbons (Fsp3) is 0.0909. The monoisotopic (exact) mass is 232 g/mol. The predicted molar refractivity (Wildman–Crippen MR) is 58.9 cm³/mol. The van der Waals surface area contributed by atoms with E-state index in [4.69, 9.17) is 10.4 Å². The molecule has 0 aliphatic carbocycles. The predicted octanol–water partition coefficient (Wildman–Crippen LogP) is 1.98. The minimum Gasteiger partial charge on any atom is -0.477 e. The van der Waals surface area contributed by atoms with E-state index in [1.54, 1.807) is 6.07 Å².